The number of azo groups is 1. The Morgan fingerprint density at radius 3 is 2.72 bits per heavy atom. The van der Waals surface area contributed by atoms with Crippen molar-refractivity contribution in [2.75, 3.05) is 20.8 Å². The highest BCUT2D eigenvalue weighted by molar-refractivity contribution is 9.10. The van der Waals surface area contributed by atoms with Crippen LogP contribution in [0.15, 0.2) is 56.3 Å². The number of nitrogens with zero attached hydrogens (tertiary/aromatic N) is 3. The summed E-state index contributed by atoms with van der Waals surface area (Å²) in [6.07, 6.45) is 1.43. The number of H-pyrrole nitrogens is 1. The summed E-state index contributed by atoms with van der Waals surface area (Å²) in [5, 5.41) is 21.7. The second-order valence-corrected chi connectivity index (χ2v) is 6.64. The van der Waals surface area contributed by atoms with Crippen LogP contribution in [-0.2, 0) is 9.63 Å². The average Bonchev–Trinajstić information content (AvgIpc) is 3.03. The minimum atomic E-state index is -0.654. The van der Waals surface area contributed by atoms with Crippen LogP contribution < -0.4 is 9.47 Å². The van der Waals surface area contributed by atoms with Crippen molar-refractivity contribution >= 4 is 44.6 Å². The van der Waals surface area contributed by atoms with E-state index in [2.05, 4.69) is 36.3 Å². The molecule has 1 heterocycles. The molecular weight excluding hydrogens is 444 g/mol. The van der Waals surface area contributed by atoms with Gasteiger partial charge in [0.15, 0.2) is 23.8 Å². The number of hydrogen-bond donors (Lipinski definition) is 2. The van der Waals surface area contributed by atoms with Gasteiger partial charge in [-0.25, -0.2) is 0 Å². The molecule has 10 heteroatoms. The molecule has 9 nitrogen and oxygen atoms in total. The van der Waals surface area contributed by atoms with Gasteiger partial charge in [0.25, 0.3) is 0 Å². The van der Waals surface area contributed by atoms with Gasteiger partial charge in [0.1, 0.15) is 0 Å². The first-order valence-corrected chi connectivity index (χ1v) is 9.13. The maximum Gasteiger partial charge on any atom is 0.304 e. The normalized spacial score (nSPS) is 11.4. The summed E-state index contributed by atoms with van der Waals surface area (Å²) in [4.78, 5) is 19.6. The van der Waals surface area contributed by atoms with Crippen LogP contribution in [0, 0.1) is 0 Å². The lowest BCUT2D eigenvalue weighted by Gasteiger charge is -2.07. The number of carbonyl (C=O) groups is 1. The van der Waals surface area contributed by atoms with Gasteiger partial charge in [-0.3, -0.25) is 4.79 Å². The third-order valence-corrected chi connectivity index (χ3v) is 4.34. The van der Waals surface area contributed by atoms with Crippen molar-refractivity contribution in [3.63, 3.8) is 0 Å². The number of carbonyl (C=O) groups excluding carboxylic acids is 1. The molecule has 2 N–H and O–H groups in total. The summed E-state index contributed by atoms with van der Waals surface area (Å²) in [6.45, 7) is -0.403. The number of fused-ring (bicyclic) bond motifs is 1. The summed E-state index contributed by atoms with van der Waals surface area (Å²) >= 11 is 3.35. The summed E-state index contributed by atoms with van der Waals surface area (Å²) < 4.78 is 11.2. The summed E-state index contributed by atoms with van der Waals surface area (Å²) in [5.41, 5.74) is 1.54. The molecule has 0 radical (unpaired) electrons. The zero-order valence-corrected chi connectivity index (χ0v) is 17.1. The Morgan fingerprint density at radius 2 is 1.97 bits per heavy atom. The second-order valence-electron chi connectivity index (χ2n) is 5.73. The van der Waals surface area contributed by atoms with Gasteiger partial charge in [0, 0.05) is 15.4 Å². The third kappa shape index (κ3) is 4.91. The van der Waals surface area contributed by atoms with Crippen LogP contribution in [-0.4, -0.2) is 43.0 Å². The Balaban J connectivity index is 1.60. The Morgan fingerprint density at radius 1 is 1.17 bits per heavy atom. The number of ether oxygens (including phenoxy) is 2. The first kappa shape index (κ1) is 20.3. The molecule has 0 atom stereocenters. The van der Waals surface area contributed by atoms with E-state index in [1.54, 1.807) is 37.4 Å². The van der Waals surface area contributed by atoms with Gasteiger partial charge in [-0.05, 0) is 36.4 Å². The van der Waals surface area contributed by atoms with Crippen LogP contribution in [0.4, 0.5) is 5.69 Å². The van der Waals surface area contributed by atoms with Crippen molar-refractivity contribution in [1.82, 2.24) is 4.98 Å². The lowest BCUT2D eigenvalue weighted by Crippen LogP contribution is -2.01. The number of benzene rings is 2. The van der Waals surface area contributed by atoms with Crippen molar-refractivity contribution in [2.45, 2.75) is 0 Å². The van der Waals surface area contributed by atoms with E-state index < -0.39 is 12.5 Å². The molecule has 0 aliphatic heterocycles. The van der Waals surface area contributed by atoms with Crippen molar-refractivity contribution in [3.05, 3.63) is 46.4 Å². The zero-order chi connectivity index (χ0) is 20.8. The standard InChI is InChI=1S/C19H17BrN4O5/c1-27-15-6-3-11(7-16(15)28-2)9-21-29-10-17(25)23-24-18-13-8-12(20)4-5-14(13)22-19(18)26/h3-9,22,26H,10H2,1-2H3/b21-9+,24-23?. The minimum Gasteiger partial charge on any atom is -0.493 e. The number of oxime groups is 1. The minimum absolute atomic E-state index is 0.170. The molecule has 1 aromatic heterocycles. The number of halogens is 1. The molecule has 3 aromatic rings. The van der Waals surface area contributed by atoms with Gasteiger partial charge in [-0.1, -0.05) is 21.1 Å². The first-order valence-electron chi connectivity index (χ1n) is 8.34. The number of aromatic nitrogens is 1. The number of nitrogens with one attached hydrogen (secondary N) is 1. The number of aromatic hydroxyl groups is 1. The molecule has 0 spiro atoms. The Hall–Kier alpha value is -3.40. The molecule has 29 heavy (non-hydrogen) atoms. The fraction of sp³-hybridized carbons (Fsp3) is 0.158. The molecule has 150 valence electrons. The number of methoxy groups -OCH3 is 2. The van der Waals surface area contributed by atoms with Gasteiger partial charge in [-0.15, -0.1) is 10.2 Å². The fourth-order valence-corrected chi connectivity index (χ4v) is 2.86. The fourth-order valence-electron chi connectivity index (χ4n) is 2.50. The lowest BCUT2D eigenvalue weighted by atomic mass is 10.2. The Bertz CT molecular complexity index is 1090. The molecule has 0 saturated heterocycles. The number of rotatable bonds is 7. The Kier molecular flexibility index (Phi) is 6.45. The first-order chi connectivity index (χ1) is 14.0. The summed E-state index contributed by atoms with van der Waals surface area (Å²) in [7, 11) is 3.08. The topological polar surface area (TPSA) is 118 Å². The van der Waals surface area contributed by atoms with Crippen molar-refractivity contribution in [1.29, 1.82) is 0 Å². The van der Waals surface area contributed by atoms with Gasteiger partial charge < -0.3 is 24.4 Å². The van der Waals surface area contributed by atoms with Crippen LogP contribution in [0.25, 0.3) is 10.9 Å². The highest BCUT2D eigenvalue weighted by atomic mass is 79.9. The third-order valence-electron chi connectivity index (χ3n) is 3.85. The number of hydrogen-bond acceptors (Lipinski definition) is 7. The summed E-state index contributed by atoms with van der Waals surface area (Å²) in [5.74, 6) is 0.306. The molecule has 0 aliphatic carbocycles. The molecule has 1 amide bonds. The van der Waals surface area contributed by atoms with Crippen molar-refractivity contribution in [3.8, 4) is 17.4 Å². The second kappa shape index (κ2) is 9.20. The highest BCUT2D eigenvalue weighted by Crippen LogP contribution is 2.36. The molecule has 0 fully saturated rings. The average molecular weight is 461 g/mol. The molecule has 0 unspecified atom stereocenters. The van der Waals surface area contributed by atoms with Crippen LogP contribution in [0.1, 0.15) is 5.56 Å². The van der Waals surface area contributed by atoms with E-state index in [9.17, 15) is 9.90 Å². The molecule has 0 saturated carbocycles. The number of aromatic amines is 1. The van der Waals surface area contributed by atoms with E-state index in [-0.39, 0.29) is 11.6 Å². The highest BCUT2D eigenvalue weighted by Gasteiger charge is 2.11. The molecule has 3 rings (SSSR count). The SMILES string of the molecule is COc1ccc(/C=N/OCC(=O)N=Nc2c(O)[nH]c3ccc(Br)cc23)cc1OC. The van der Waals surface area contributed by atoms with E-state index in [0.29, 0.717) is 28.0 Å². The Labute approximate surface area is 174 Å². The van der Waals surface area contributed by atoms with E-state index in [1.807, 2.05) is 6.07 Å². The quantitative estimate of drug-likeness (QED) is 0.309. The largest absolute Gasteiger partial charge is 0.493 e. The monoisotopic (exact) mass is 460 g/mol. The van der Waals surface area contributed by atoms with Crippen LogP contribution in [0.2, 0.25) is 0 Å². The maximum absolute atomic E-state index is 11.9. The van der Waals surface area contributed by atoms with Crippen LogP contribution in [0.3, 0.4) is 0 Å². The molecule has 0 bridgehead atoms. The molecule has 0 aliphatic rings. The smallest absolute Gasteiger partial charge is 0.304 e. The van der Waals surface area contributed by atoms with Crippen LogP contribution >= 0.6 is 15.9 Å². The van der Waals surface area contributed by atoms with E-state index >= 15 is 0 Å². The van der Waals surface area contributed by atoms with Gasteiger partial charge in [0.05, 0.1) is 26.0 Å². The zero-order valence-electron chi connectivity index (χ0n) is 15.5. The molecule has 2 aromatic carbocycles. The van der Waals surface area contributed by atoms with Gasteiger partial charge >= 0.3 is 5.91 Å². The van der Waals surface area contributed by atoms with E-state index in [4.69, 9.17) is 14.3 Å². The van der Waals surface area contributed by atoms with Crippen molar-refractivity contribution < 1.29 is 24.2 Å². The van der Waals surface area contributed by atoms with E-state index in [0.717, 1.165) is 4.47 Å². The van der Waals surface area contributed by atoms with Crippen molar-refractivity contribution in [2.24, 2.45) is 15.4 Å². The summed E-state index contributed by atoms with van der Waals surface area (Å²) in [6, 6.07) is 10.5. The maximum atomic E-state index is 11.9. The van der Waals surface area contributed by atoms with Gasteiger partial charge in [0.2, 0.25) is 5.88 Å². The lowest BCUT2D eigenvalue weighted by molar-refractivity contribution is -0.122. The predicted molar refractivity (Wildman–Crippen MR) is 110 cm³/mol. The molecular formula is C19H17BrN4O5. The predicted octanol–water partition coefficient (Wildman–Crippen LogP) is 4.31. The van der Waals surface area contributed by atoms with E-state index in [1.165, 1.54) is 13.3 Å². The van der Waals surface area contributed by atoms with Gasteiger partial charge in [-0.2, -0.15) is 0 Å². The number of amides is 1. The van der Waals surface area contributed by atoms with Crippen LogP contribution in [0.5, 0.6) is 17.4 Å².